The van der Waals surface area contributed by atoms with Gasteiger partial charge >= 0.3 is 0 Å². The van der Waals surface area contributed by atoms with E-state index < -0.39 is 0 Å². The molecule has 2 fully saturated rings. The van der Waals surface area contributed by atoms with Gasteiger partial charge in [-0.15, -0.1) is 0 Å². The highest BCUT2D eigenvalue weighted by atomic mass is 15.3. The lowest BCUT2D eigenvalue weighted by molar-refractivity contribution is 0.152. The molecule has 26 heavy (non-hydrogen) atoms. The van der Waals surface area contributed by atoms with Crippen molar-refractivity contribution in [3.8, 4) is 0 Å². The maximum Gasteiger partial charge on any atom is 0.193 e. The summed E-state index contributed by atoms with van der Waals surface area (Å²) in [7, 11) is 4.43. The van der Waals surface area contributed by atoms with Gasteiger partial charge < -0.3 is 20.0 Å². The molecule has 5 heteroatoms. The Morgan fingerprint density at radius 1 is 1.08 bits per heavy atom. The van der Waals surface area contributed by atoms with E-state index >= 15 is 0 Å². The third kappa shape index (κ3) is 7.83. The number of nitrogens with one attached hydrogen (secondary N) is 1. The summed E-state index contributed by atoms with van der Waals surface area (Å²) in [5.41, 5.74) is 0. The molecule has 0 unspecified atom stereocenters. The highest BCUT2D eigenvalue weighted by molar-refractivity contribution is 5.79. The molecule has 152 valence electrons. The van der Waals surface area contributed by atoms with Crippen molar-refractivity contribution in [3.63, 3.8) is 0 Å². The van der Waals surface area contributed by atoms with Crippen molar-refractivity contribution in [1.29, 1.82) is 0 Å². The summed E-state index contributed by atoms with van der Waals surface area (Å²) < 4.78 is 0. The SMILES string of the molecule is CCNC(=NCCCCN1CCN(C)CC1)N(C)CC1CCC(C)CC1. The lowest BCUT2D eigenvalue weighted by Crippen LogP contribution is -2.44. The molecule has 1 aliphatic heterocycles. The van der Waals surface area contributed by atoms with Crippen LogP contribution in [0.25, 0.3) is 0 Å². The quantitative estimate of drug-likeness (QED) is 0.407. The summed E-state index contributed by atoms with van der Waals surface area (Å²) >= 11 is 0. The van der Waals surface area contributed by atoms with Crippen LogP contribution in [0.15, 0.2) is 4.99 Å². The van der Waals surface area contributed by atoms with Crippen LogP contribution in [0.3, 0.4) is 0 Å². The van der Waals surface area contributed by atoms with Crippen LogP contribution in [-0.4, -0.2) is 87.1 Å². The van der Waals surface area contributed by atoms with E-state index in [2.05, 4.69) is 48.0 Å². The normalized spacial score (nSPS) is 26.1. The first kappa shape index (κ1) is 21.5. The van der Waals surface area contributed by atoms with E-state index in [-0.39, 0.29) is 0 Å². The number of aliphatic imine (C=N–C) groups is 1. The summed E-state index contributed by atoms with van der Waals surface area (Å²) in [5, 5.41) is 3.49. The van der Waals surface area contributed by atoms with Crippen LogP contribution in [0.4, 0.5) is 0 Å². The minimum atomic E-state index is 0.845. The van der Waals surface area contributed by atoms with Crippen molar-refractivity contribution < 1.29 is 0 Å². The zero-order valence-corrected chi connectivity index (χ0v) is 17.8. The van der Waals surface area contributed by atoms with Gasteiger partial charge in [-0.1, -0.05) is 19.8 Å². The van der Waals surface area contributed by atoms with Crippen LogP contribution < -0.4 is 5.32 Å². The van der Waals surface area contributed by atoms with Gasteiger partial charge in [-0.25, -0.2) is 0 Å². The molecule has 5 nitrogen and oxygen atoms in total. The van der Waals surface area contributed by atoms with Gasteiger partial charge in [-0.3, -0.25) is 4.99 Å². The fourth-order valence-corrected chi connectivity index (χ4v) is 4.16. The topological polar surface area (TPSA) is 34.1 Å². The molecule has 0 atom stereocenters. The predicted molar refractivity (Wildman–Crippen MR) is 113 cm³/mol. The molecule has 2 aliphatic rings. The standard InChI is InChI=1S/C21H43N5/c1-5-22-21(25(4)18-20-10-8-19(2)9-11-20)23-12-6-7-13-26-16-14-24(3)15-17-26/h19-20H,5-18H2,1-4H3,(H,22,23). The fraction of sp³-hybridized carbons (Fsp3) is 0.952. The molecule has 1 heterocycles. The van der Waals surface area contributed by atoms with Crippen molar-refractivity contribution >= 4 is 5.96 Å². The number of likely N-dealkylation sites (N-methyl/N-ethyl adjacent to an activating group) is 1. The maximum absolute atomic E-state index is 4.89. The van der Waals surface area contributed by atoms with Crippen molar-refractivity contribution in [2.24, 2.45) is 16.8 Å². The van der Waals surface area contributed by atoms with E-state index in [4.69, 9.17) is 4.99 Å². The molecule has 1 aliphatic carbocycles. The van der Waals surface area contributed by atoms with Crippen molar-refractivity contribution in [2.75, 3.05) is 66.5 Å². The number of hydrogen-bond acceptors (Lipinski definition) is 3. The van der Waals surface area contributed by atoms with Gasteiger partial charge in [-0.05, 0) is 58.0 Å². The molecule has 0 aromatic rings. The van der Waals surface area contributed by atoms with Gasteiger partial charge in [0.25, 0.3) is 0 Å². The molecule has 1 saturated heterocycles. The van der Waals surface area contributed by atoms with Gasteiger partial charge in [0, 0.05) is 52.9 Å². The maximum atomic E-state index is 4.89. The monoisotopic (exact) mass is 365 g/mol. The Balaban J connectivity index is 1.66. The average molecular weight is 366 g/mol. The smallest absolute Gasteiger partial charge is 0.193 e. The molecule has 1 saturated carbocycles. The third-order valence-electron chi connectivity index (χ3n) is 6.10. The number of unbranched alkanes of at least 4 members (excludes halogenated alkanes) is 1. The highest BCUT2D eigenvalue weighted by Gasteiger charge is 2.20. The second-order valence-corrected chi connectivity index (χ2v) is 8.59. The van der Waals surface area contributed by atoms with Crippen LogP contribution in [0.2, 0.25) is 0 Å². The third-order valence-corrected chi connectivity index (χ3v) is 6.10. The van der Waals surface area contributed by atoms with Gasteiger partial charge in [0.2, 0.25) is 0 Å². The predicted octanol–water partition coefficient (Wildman–Crippen LogP) is 2.74. The fourth-order valence-electron chi connectivity index (χ4n) is 4.16. The first-order chi connectivity index (χ1) is 12.6. The van der Waals surface area contributed by atoms with Gasteiger partial charge in [-0.2, -0.15) is 0 Å². The molecule has 2 rings (SSSR count). The molecular formula is C21H43N5. The Morgan fingerprint density at radius 3 is 2.42 bits per heavy atom. The molecule has 1 N–H and O–H groups in total. The molecule has 0 aromatic carbocycles. The summed E-state index contributed by atoms with van der Waals surface area (Å²) in [4.78, 5) is 12.3. The number of nitrogens with zero attached hydrogens (tertiary/aromatic N) is 4. The van der Waals surface area contributed by atoms with Crippen LogP contribution >= 0.6 is 0 Å². The Labute approximate surface area is 162 Å². The first-order valence-corrected chi connectivity index (χ1v) is 11.0. The number of guanidine groups is 1. The lowest BCUT2D eigenvalue weighted by atomic mass is 9.83. The van der Waals surface area contributed by atoms with Crippen molar-refractivity contribution in [1.82, 2.24) is 20.0 Å². The number of rotatable bonds is 8. The minimum absolute atomic E-state index is 0.845. The zero-order chi connectivity index (χ0) is 18.8. The zero-order valence-electron chi connectivity index (χ0n) is 17.8. The Morgan fingerprint density at radius 2 is 1.77 bits per heavy atom. The first-order valence-electron chi connectivity index (χ1n) is 11.0. The minimum Gasteiger partial charge on any atom is -0.357 e. The van der Waals surface area contributed by atoms with E-state index in [9.17, 15) is 0 Å². The summed E-state index contributed by atoms with van der Waals surface area (Å²) in [6.45, 7) is 13.7. The number of piperazine rings is 1. The molecule has 0 aromatic heterocycles. The van der Waals surface area contributed by atoms with E-state index in [0.717, 1.165) is 37.4 Å². The second kappa shape index (κ2) is 11.8. The van der Waals surface area contributed by atoms with Crippen LogP contribution in [-0.2, 0) is 0 Å². The van der Waals surface area contributed by atoms with Gasteiger partial charge in [0.05, 0.1) is 0 Å². The summed E-state index contributed by atoms with van der Waals surface area (Å²) in [6.07, 6.45) is 8.02. The van der Waals surface area contributed by atoms with Crippen molar-refractivity contribution in [3.05, 3.63) is 0 Å². The molecule has 0 radical (unpaired) electrons. The van der Waals surface area contributed by atoms with Crippen LogP contribution in [0.5, 0.6) is 0 Å². The van der Waals surface area contributed by atoms with Crippen LogP contribution in [0, 0.1) is 11.8 Å². The average Bonchev–Trinajstić information content (AvgIpc) is 2.64. The summed E-state index contributed by atoms with van der Waals surface area (Å²) in [6, 6.07) is 0. The number of hydrogen-bond donors (Lipinski definition) is 1. The van der Waals surface area contributed by atoms with E-state index in [1.807, 2.05) is 0 Å². The highest BCUT2D eigenvalue weighted by Crippen LogP contribution is 2.28. The van der Waals surface area contributed by atoms with E-state index in [1.165, 1.54) is 71.2 Å². The molecular weight excluding hydrogens is 322 g/mol. The summed E-state index contributed by atoms with van der Waals surface area (Å²) in [5.74, 6) is 2.88. The lowest BCUT2D eigenvalue weighted by Gasteiger charge is -2.32. The van der Waals surface area contributed by atoms with Gasteiger partial charge in [0.15, 0.2) is 5.96 Å². The van der Waals surface area contributed by atoms with Gasteiger partial charge in [0.1, 0.15) is 0 Å². The van der Waals surface area contributed by atoms with E-state index in [0.29, 0.717) is 0 Å². The van der Waals surface area contributed by atoms with E-state index in [1.54, 1.807) is 0 Å². The Bertz CT molecular complexity index is 395. The van der Waals surface area contributed by atoms with Crippen molar-refractivity contribution in [2.45, 2.75) is 52.4 Å². The largest absolute Gasteiger partial charge is 0.357 e. The molecule has 0 spiro atoms. The molecule has 0 bridgehead atoms. The Hall–Kier alpha value is -0.810. The van der Waals surface area contributed by atoms with Crippen LogP contribution in [0.1, 0.15) is 52.4 Å². The molecule has 0 amide bonds. The second-order valence-electron chi connectivity index (χ2n) is 8.59. The Kier molecular flexibility index (Phi) is 9.76.